The molecule has 252 valence electrons. The molecule has 0 radical (unpaired) electrons. The van der Waals surface area contributed by atoms with Gasteiger partial charge >= 0.3 is 6.09 Å². The van der Waals surface area contributed by atoms with Crippen molar-refractivity contribution >= 4 is 23.7 Å². The Morgan fingerprint density at radius 3 is 2.40 bits per heavy atom. The van der Waals surface area contributed by atoms with Crippen LogP contribution in [0, 0.1) is 5.41 Å². The number of allylic oxidation sites excluding steroid dienone is 7. The number of amides is 1. The quantitative estimate of drug-likeness (QED) is 0.174. The first kappa shape index (κ1) is 36.3. The number of fused-ring (bicyclic) bond motifs is 1. The van der Waals surface area contributed by atoms with Crippen LogP contribution in [-0.4, -0.2) is 23.2 Å². The van der Waals surface area contributed by atoms with E-state index in [1.807, 2.05) is 58.0 Å². The number of hydrogen-bond acceptors (Lipinski definition) is 4. The lowest BCUT2D eigenvalue weighted by atomic mass is 9.72. The highest BCUT2D eigenvalue weighted by Crippen LogP contribution is 2.52. The van der Waals surface area contributed by atoms with Crippen molar-refractivity contribution in [2.75, 3.05) is 0 Å². The van der Waals surface area contributed by atoms with Crippen LogP contribution in [0.4, 0.5) is 4.79 Å². The van der Waals surface area contributed by atoms with Crippen LogP contribution in [0.3, 0.4) is 0 Å². The van der Waals surface area contributed by atoms with Gasteiger partial charge in [-0.25, -0.2) is 4.79 Å². The van der Waals surface area contributed by atoms with Gasteiger partial charge in [0.05, 0.1) is 11.7 Å². The third kappa shape index (κ3) is 8.89. The van der Waals surface area contributed by atoms with E-state index in [4.69, 9.17) is 9.73 Å². The highest BCUT2D eigenvalue weighted by Gasteiger charge is 2.46. The first-order valence-corrected chi connectivity index (χ1v) is 17.1. The van der Waals surface area contributed by atoms with Crippen molar-refractivity contribution in [3.8, 4) is 0 Å². The molecule has 2 aliphatic rings. The van der Waals surface area contributed by atoms with Crippen LogP contribution in [-0.2, 0) is 16.0 Å². The maximum atomic E-state index is 13.6. The average Bonchev–Trinajstić information content (AvgIpc) is 3.25. The monoisotopic (exact) mass is 644 g/mol. The number of carbonyl (C=O) groups excluding carboxylic acids is 2. The van der Waals surface area contributed by atoms with Gasteiger partial charge in [0, 0.05) is 17.7 Å². The Labute approximate surface area is 288 Å². The van der Waals surface area contributed by atoms with Gasteiger partial charge in [-0.3, -0.25) is 9.79 Å². The molecule has 0 fully saturated rings. The summed E-state index contributed by atoms with van der Waals surface area (Å²) in [5.74, 6) is -0.105. The minimum Gasteiger partial charge on any atom is -0.444 e. The zero-order valence-electron chi connectivity index (χ0n) is 29.6. The third-order valence-electron chi connectivity index (χ3n) is 9.24. The second-order valence-electron chi connectivity index (χ2n) is 14.3. The molecule has 48 heavy (non-hydrogen) atoms. The topological polar surface area (TPSA) is 67.8 Å². The van der Waals surface area contributed by atoms with Crippen LogP contribution in [0.2, 0.25) is 0 Å². The molecule has 4 rings (SSSR count). The van der Waals surface area contributed by atoms with Crippen LogP contribution < -0.4 is 5.32 Å². The Bertz CT molecular complexity index is 1680. The molecule has 2 atom stereocenters. The number of benzene rings is 2. The van der Waals surface area contributed by atoms with Crippen molar-refractivity contribution in [3.05, 3.63) is 137 Å². The van der Waals surface area contributed by atoms with Crippen LogP contribution in [0.1, 0.15) is 102 Å². The molecule has 0 saturated carbocycles. The number of alkyl carbamates (subject to hydrolysis) is 1. The maximum absolute atomic E-state index is 13.6. The summed E-state index contributed by atoms with van der Waals surface area (Å²) >= 11 is 0. The summed E-state index contributed by atoms with van der Waals surface area (Å²) in [7, 11) is 0. The minimum atomic E-state index is -0.598. The summed E-state index contributed by atoms with van der Waals surface area (Å²) < 4.78 is 5.71. The molecule has 0 spiro atoms. The van der Waals surface area contributed by atoms with Crippen LogP contribution in [0.15, 0.2) is 126 Å². The van der Waals surface area contributed by atoms with E-state index in [0.717, 1.165) is 53.7 Å². The fourth-order valence-electron chi connectivity index (χ4n) is 7.01. The van der Waals surface area contributed by atoms with Gasteiger partial charge in [0.1, 0.15) is 5.60 Å². The summed E-state index contributed by atoms with van der Waals surface area (Å²) in [6.45, 7) is 26.5. The fraction of sp³-hybridized carbons (Fsp3) is 0.372. The molecule has 5 heteroatoms. The second kappa shape index (κ2) is 15.6. The lowest BCUT2D eigenvalue weighted by Gasteiger charge is -2.37. The van der Waals surface area contributed by atoms with Crippen molar-refractivity contribution in [3.63, 3.8) is 0 Å². The molecule has 0 bridgehead atoms. The summed E-state index contributed by atoms with van der Waals surface area (Å²) in [4.78, 5) is 31.9. The summed E-state index contributed by atoms with van der Waals surface area (Å²) in [5.41, 5.74) is 7.83. The van der Waals surface area contributed by atoms with Gasteiger partial charge in [-0.1, -0.05) is 106 Å². The average molecular weight is 645 g/mol. The molecule has 1 N–H and O–H groups in total. The van der Waals surface area contributed by atoms with E-state index in [9.17, 15) is 9.59 Å². The highest BCUT2D eigenvalue weighted by molar-refractivity contribution is 6.17. The summed E-state index contributed by atoms with van der Waals surface area (Å²) in [5, 5.41) is 3.26. The highest BCUT2D eigenvalue weighted by atomic mass is 16.6. The molecule has 1 aliphatic carbocycles. The van der Waals surface area contributed by atoms with Crippen LogP contribution >= 0.6 is 0 Å². The Kier molecular flexibility index (Phi) is 11.8. The van der Waals surface area contributed by atoms with Crippen molar-refractivity contribution in [1.82, 2.24) is 5.32 Å². The predicted molar refractivity (Wildman–Crippen MR) is 200 cm³/mol. The molecule has 1 aliphatic heterocycles. The van der Waals surface area contributed by atoms with Crippen molar-refractivity contribution < 1.29 is 14.3 Å². The Hall–Kier alpha value is -4.51. The molecule has 2 aromatic carbocycles. The van der Waals surface area contributed by atoms with E-state index in [-0.39, 0.29) is 17.2 Å². The SMILES string of the molecule is C=C/C(=C/c1ccccc1)CCC1=C(C(=C)C)C(=O)C(=C)CC(C(=C)CCC2(CCC)Cc3ccccc3[C@H]2NC(=O)OC(C)(C)C)=N1. The predicted octanol–water partition coefficient (Wildman–Crippen LogP) is 10.8. The van der Waals surface area contributed by atoms with Crippen molar-refractivity contribution in [2.24, 2.45) is 10.4 Å². The smallest absolute Gasteiger partial charge is 0.408 e. The summed E-state index contributed by atoms with van der Waals surface area (Å²) in [6, 6.07) is 18.3. The molecular formula is C43H52N2O3. The molecule has 0 aromatic heterocycles. The lowest BCUT2D eigenvalue weighted by molar-refractivity contribution is -0.112. The third-order valence-corrected chi connectivity index (χ3v) is 9.24. The summed E-state index contributed by atoms with van der Waals surface area (Å²) in [6.07, 6.45) is 9.35. The Balaban J connectivity index is 1.62. The normalized spacial score (nSPS) is 19.7. The van der Waals surface area contributed by atoms with Crippen molar-refractivity contribution in [2.45, 2.75) is 97.6 Å². The van der Waals surface area contributed by atoms with Gasteiger partial charge in [-0.2, -0.15) is 0 Å². The van der Waals surface area contributed by atoms with E-state index in [1.165, 1.54) is 5.56 Å². The van der Waals surface area contributed by atoms with E-state index >= 15 is 0 Å². The second-order valence-corrected chi connectivity index (χ2v) is 14.3. The van der Waals surface area contributed by atoms with Gasteiger partial charge < -0.3 is 10.1 Å². The molecule has 2 aromatic rings. The molecule has 0 saturated heterocycles. The number of ketones is 1. The molecule has 1 amide bonds. The lowest BCUT2D eigenvalue weighted by Crippen LogP contribution is -2.41. The fourth-order valence-corrected chi connectivity index (χ4v) is 7.01. The number of ether oxygens (including phenoxy) is 1. The van der Waals surface area contributed by atoms with E-state index in [1.54, 1.807) is 0 Å². The van der Waals surface area contributed by atoms with Gasteiger partial charge in [0.15, 0.2) is 5.78 Å². The number of Topliss-reactive ketones (excluding diaryl/α,β-unsaturated/α-hetero) is 1. The van der Waals surface area contributed by atoms with E-state index in [2.05, 4.69) is 75.0 Å². The molecule has 1 unspecified atom stereocenters. The van der Waals surface area contributed by atoms with Crippen LogP contribution in [0.5, 0.6) is 0 Å². The van der Waals surface area contributed by atoms with Gasteiger partial charge in [-0.15, -0.1) is 0 Å². The van der Waals surface area contributed by atoms with Gasteiger partial charge in [0.2, 0.25) is 0 Å². The van der Waals surface area contributed by atoms with Crippen molar-refractivity contribution in [1.29, 1.82) is 0 Å². The first-order valence-electron chi connectivity index (χ1n) is 17.1. The largest absolute Gasteiger partial charge is 0.444 e. The zero-order chi connectivity index (χ0) is 35.1. The molecular weight excluding hydrogens is 592 g/mol. The molecule has 5 nitrogen and oxygen atoms in total. The zero-order valence-corrected chi connectivity index (χ0v) is 29.6. The minimum absolute atomic E-state index is 0.105. The first-order chi connectivity index (χ1) is 22.8. The Morgan fingerprint density at radius 1 is 1.06 bits per heavy atom. The number of aliphatic imine (C=N–C) groups is 1. The maximum Gasteiger partial charge on any atom is 0.408 e. The number of nitrogens with one attached hydrogen (secondary N) is 1. The van der Waals surface area contributed by atoms with E-state index in [0.29, 0.717) is 48.1 Å². The van der Waals surface area contributed by atoms with Gasteiger partial charge in [-0.05, 0) is 111 Å². The number of nitrogens with zero attached hydrogens (tertiary/aromatic N) is 1. The molecule has 1 heterocycles. The van der Waals surface area contributed by atoms with Crippen LogP contribution in [0.25, 0.3) is 6.08 Å². The van der Waals surface area contributed by atoms with Gasteiger partial charge in [0.25, 0.3) is 0 Å². The number of hydrogen-bond donors (Lipinski definition) is 1. The Morgan fingerprint density at radius 2 is 1.75 bits per heavy atom. The standard InChI is InChI=1S/C43H52N2O3/c1-10-24-43(28-34-19-15-16-20-35(34)40(43)45-41(47)48-42(7,8)9)25-23-30(5)37-26-31(6)39(46)38(29(3)4)36(44-37)22-21-32(11-2)27-33-17-13-12-14-18-33/h11-20,27,40H,2-3,5-6,10,21-26,28H2,1,4,7-9H3,(H,45,47)/b32-27-/t40-,43?/m1/s1. The van der Waals surface area contributed by atoms with E-state index < -0.39 is 11.7 Å². The number of rotatable bonds is 13. The number of carbonyl (C=O) groups is 2.